The maximum atomic E-state index is 13.6. The molecule has 0 bridgehead atoms. The van der Waals surface area contributed by atoms with Crippen LogP contribution in [0.4, 0.5) is 13.2 Å². The lowest BCUT2D eigenvalue weighted by atomic mass is 10.0. The molecule has 0 aliphatic heterocycles. The number of rotatable bonds is 1. The van der Waals surface area contributed by atoms with Gasteiger partial charge in [-0.15, -0.1) is 0 Å². The van der Waals surface area contributed by atoms with Crippen molar-refractivity contribution in [3.8, 4) is 11.1 Å². The predicted molar refractivity (Wildman–Crippen MR) is 90.2 cm³/mol. The first-order valence-corrected chi connectivity index (χ1v) is 7.47. The highest BCUT2D eigenvalue weighted by Crippen LogP contribution is 2.26. The lowest BCUT2D eigenvalue weighted by molar-refractivity contribution is 0.582. The average molecular weight is 329 g/mol. The van der Waals surface area contributed by atoms with Crippen molar-refractivity contribution < 1.29 is 13.2 Å². The predicted octanol–water partition coefficient (Wildman–Crippen LogP) is 5.78. The molecule has 1 aromatic heterocycles. The van der Waals surface area contributed by atoms with Crippen molar-refractivity contribution in [1.82, 2.24) is 4.98 Å². The molecule has 3 aromatic rings. The molecular formula is C20H18F3N. The first-order chi connectivity index (χ1) is 11.4. The summed E-state index contributed by atoms with van der Waals surface area (Å²) in [5.74, 6) is -1.94. The van der Waals surface area contributed by atoms with Crippen molar-refractivity contribution in [3.63, 3.8) is 0 Å². The zero-order chi connectivity index (χ0) is 17.7. The molecule has 0 amide bonds. The molecule has 0 unspecified atom stereocenters. The van der Waals surface area contributed by atoms with E-state index in [0.29, 0.717) is 0 Å². The van der Waals surface area contributed by atoms with E-state index < -0.39 is 17.5 Å². The van der Waals surface area contributed by atoms with Crippen molar-refractivity contribution in [3.05, 3.63) is 89.0 Å². The van der Waals surface area contributed by atoms with Crippen LogP contribution in [0.15, 0.2) is 54.7 Å². The molecule has 0 saturated carbocycles. The number of hydrogen-bond donors (Lipinski definition) is 0. The Balaban J connectivity index is 0.000000219. The monoisotopic (exact) mass is 329 g/mol. The Labute approximate surface area is 139 Å². The molecule has 2 aromatic carbocycles. The average Bonchev–Trinajstić information content (AvgIpc) is 2.49. The third-order valence-electron chi connectivity index (χ3n) is 3.40. The molecule has 1 heterocycles. The summed E-state index contributed by atoms with van der Waals surface area (Å²) in [6, 6.07) is 11.6. The number of halogens is 3. The number of hydrogen-bond acceptors (Lipinski definition) is 1. The van der Waals surface area contributed by atoms with Crippen LogP contribution in [0.5, 0.6) is 0 Å². The maximum absolute atomic E-state index is 13.6. The van der Waals surface area contributed by atoms with Gasteiger partial charge in [-0.3, -0.25) is 4.98 Å². The molecule has 0 fully saturated rings. The summed E-state index contributed by atoms with van der Waals surface area (Å²) in [5, 5.41) is 0. The maximum Gasteiger partial charge on any atom is 0.134 e. The van der Waals surface area contributed by atoms with Gasteiger partial charge in [0.1, 0.15) is 17.5 Å². The topological polar surface area (TPSA) is 12.9 Å². The summed E-state index contributed by atoms with van der Waals surface area (Å²) in [4.78, 5) is 4.04. The molecule has 4 heteroatoms. The van der Waals surface area contributed by atoms with Crippen LogP contribution >= 0.6 is 0 Å². The van der Waals surface area contributed by atoms with Gasteiger partial charge in [-0.05, 0) is 62.2 Å². The van der Waals surface area contributed by atoms with Gasteiger partial charge in [-0.1, -0.05) is 12.1 Å². The SMILES string of the molecule is Cc1ccc(-c2ccc(F)cc2F)c(F)c1.Cc1ccnc(C)c1. The van der Waals surface area contributed by atoms with E-state index in [4.69, 9.17) is 0 Å². The van der Waals surface area contributed by atoms with Crippen LogP contribution in [0.25, 0.3) is 11.1 Å². The Morgan fingerprint density at radius 3 is 1.75 bits per heavy atom. The number of aryl methyl sites for hydroxylation is 3. The van der Waals surface area contributed by atoms with E-state index in [1.807, 2.05) is 19.2 Å². The van der Waals surface area contributed by atoms with Crippen molar-refractivity contribution >= 4 is 0 Å². The van der Waals surface area contributed by atoms with Crippen LogP contribution in [-0.4, -0.2) is 4.98 Å². The zero-order valence-corrected chi connectivity index (χ0v) is 13.8. The third kappa shape index (κ3) is 4.69. The minimum Gasteiger partial charge on any atom is -0.262 e. The van der Waals surface area contributed by atoms with Crippen molar-refractivity contribution in [2.45, 2.75) is 20.8 Å². The van der Waals surface area contributed by atoms with E-state index in [-0.39, 0.29) is 11.1 Å². The van der Waals surface area contributed by atoms with Gasteiger partial charge in [0.2, 0.25) is 0 Å². The fourth-order valence-electron chi connectivity index (χ4n) is 2.23. The van der Waals surface area contributed by atoms with Crippen LogP contribution in [0.2, 0.25) is 0 Å². The molecule has 0 saturated heterocycles. The largest absolute Gasteiger partial charge is 0.262 e. The molecule has 0 radical (unpaired) electrons. The van der Waals surface area contributed by atoms with Gasteiger partial charge in [0.05, 0.1) is 0 Å². The number of aromatic nitrogens is 1. The molecular weight excluding hydrogens is 311 g/mol. The molecule has 0 spiro atoms. The van der Waals surface area contributed by atoms with Crippen LogP contribution in [0.3, 0.4) is 0 Å². The number of nitrogens with zero attached hydrogens (tertiary/aromatic N) is 1. The second kappa shape index (κ2) is 7.77. The quantitative estimate of drug-likeness (QED) is 0.551. The van der Waals surface area contributed by atoms with Crippen LogP contribution in [0, 0.1) is 38.2 Å². The smallest absolute Gasteiger partial charge is 0.134 e. The van der Waals surface area contributed by atoms with E-state index in [0.717, 1.165) is 23.4 Å². The van der Waals surface area contributed by atoms with Crippen LogP contribution in [0.1, 0.15) is 16.8 Å². The summed E-state index contributed by atoms with van der Waals surface area (Å²) in [6.45, 7) is 5.80. The summed E-state index contributed by atoms with van der Waals surface area (Å²) < 4.78 is 39.7. The second-order valence-electron chi connectivity index (χ2n) is 5.58. The minimum atomic E-state index is -0.761. The molecule has 124 valence electrons. The lowest BCUT2D eigenvalue weighted by Crippen LogP contribution is -1.90. The summed E-state index contributed by atoms with van der Waals surface area (Å²) >= 11 is 0. The van der Waals surface area contributed by atoms with Gasteiger partial charge in [-0.2, -0.15) is 0 Å². The molecule has 1 nitrogen and oxygen atoms in total. The standard InChI is InChI=1S/C13H9F3.C7H9N/c1-8-2-4-10(12(15)6-8)11-5-3-9(14)7-13(11)16;1-6-3-4-8-7(2)5-6/h2-7H,1H3;3-5H,1-2H3. The van der Waals surface area contributed by atoms with Gasteiger partial charge in [-0.25, -0.2) is 13.2 Å². The molecule has 0 aliphatic rings. The van der Waals surface area contributed by atoms with E-state index in [2.05, 4.69) is 18.0 Å². The summed E-state index contributed by atoms with van der Waals surface area (Å²) in [6.07, 6.45) is 1.82. The van der Waals surface area contributed by atoms with E-state index in [1.54, 1.807) is 13.0 Å². The summed E-state index contributed by atoms with van der Waals surface area (Å²) in [5.41, 5.74) is 3.33. The Morgan fingerprint density at radius 2 is 1.25 bits per heavy atom. The normalized spacial score (nSPS) is 10.1. The minimum absolute atomic E-state index is 0.0684. The Morgan fingerprint density at radius 1 is 0.667 bits per heavy atom. The van der Waals surface area contributed by atoms with E-state index >= 15 is 0 Å². The number of pyridine rings is 1. The van der Waals surface area contributed by atoms with Crippen molar-refractivity contribution in [1.29, 1.82) is 0 Å². The molecule has 24 heavy (non-hydrogen) atoms. The van der Waals surface area contributed by atoms with Gasteiger partial charge in [0.15, 0.2) is 0 Å². The Bertz CT molecular complexity index is 777. The molecule has 3 rings (SSSR count). The van der Waals surface area contributed by atoms with Crippen molar-refractivity contribution in [2.24, 2.45) is 0 Å². The molecule has 0 atom stereocenters. The van der Waals surface area contributed by atoms with Crippen LogP contribution in [-0.2, 0) is 0 Å². The fourth-order valence-corrected chi connectivity index (χ4v) is 2.23. The van der Waals surface area contributed by atoms with Gasteiger partial charge >= 0.3 is 0 Å². The lowest BCUT2D eigenvalue weighted by Gasteiger charge is -2.05. The highest BCUT2D eigenvalue weighted by molar-refractivity contribution is 5.65. The fraction of sp³-hybridized carbons (Fsp3) is 0.150. The van der Waals surface area contributed by atoms with E-state index in [9.17, 15) is 13.2 Å². The highest BCUT2D eigenvalue weighted by atomic mass is 19.1. The summed E-state index contributed by atoms with van der Waals surface area (Å²) in [7, 11) is 0. The Hall–Kier alpha value is -2.62. The molecule has 0 N–H and O–H groups in total. The van der Waals surface area contributed by atoms with Crippen LogP contribution < -0.4 is 0 Å². The van der Waals surface area contributed by atoms with Crippen molar-refractivity contribution in [2.75, 3.05) is 0 Å². The first-order valence-electron chi connectivity index (χ1n) is 7.47. The van der Waals surface area contributed by atoms with Gasteiger partial charge in [0, 0.05) is 29.1 Å². The Kier molecular flexibility index (Phi) is 5.74. The van der Waals surface area contributed by atoms with Gasteiger partial charge in [0.25, 0.3) is 0 Å². The van der Waals surface area contributed by atoms with E-state index in [1.165, 1.54) is 23.8 Å². The zero-order valence-electron chi connectivity index (χ0n) is 13.8. The third-order valence-corrected chi connectivity index (χ3v) is 3.40. The first kappa shape index (κ1) is 17.7. The molecule has 0 aliphatic carbocycles. The number of benzene rings is 2. The highest BCUT2D eigenvalue weighted by Gasteiger charge is 2.10. The van der Waals surface area contributed by atoms with Gasteiger partial charge < -0.3 is 0 Å². The second-order valence-corrected chi connectivity index (χ2v) is 5.58.